The van der Waals surface area contributed by atoms with Crippen LogP contribution in [0.3, 0.4) is 0 Å². The van der Waals surface area contributed by atoms with Gasteiger partial charge in [0.1, 0.15) is 0 Å². The van der Waals surface area contributed by atoms with Gasteiger partial charge in [0.2, 0.25) is 0 Å². The summed E-state index contributed by atoms with van der Waals surface area (Å²) in [5.74, 6) is -3.39. The smallest absolute Gasteiger partial charge is 0.545 e. The predicted octanol–water partition coefficient (Wildman–Crippen LogP) is 4.06. The second-order valence-corrected chi connectivity index (χ2v) is 7.97. The van der Waals surface area contributed by atoms with Crippen molar-refractivity contribution >= 4 is 17.9 Å². The molecule has 0 fully saturated rings. The maximum atomic E-state index is 10.1. The molecule has 0 unspecified atom stereocenters. The molecule has 0 radical (unpaired) electrons. The van der Waals surface area contributed by atoms with Gasteiger partial charge >= 0.3 is 65.2 Å². The summed E-state index contributed by atoms with van der Waals surface area (Å²) in [6.07, 6.45) is 30.0. The van der Waals surface area contributed by atoms with Crippen molar-refractivity contribution in [1.82, 2.24) is 0 Å². The zero-order valence-electron chi connectivity index (χ0n) is 24.4. The normalized spacial score (nSPS) is 11.2. The number of allylic oxidation sites excluding steroid dienone is 12. The molecule has 0 heterocycles. The number of benzene rings is 3. The van der Waals surface area contributed by atoms with E-state index in [1.165, 1.54) is 36.4 Å². The summed E-state index contributed by atoms with van der Waals surface area (Å²) in [7, 11) is 0. The quantitative estimate of drug-likeness (QED) is 0.300. The van der Waals surface area contributed by atoms with E-state index < -0.39 is 17.9 Å². The van der Waals surface area contributed by atoms with Gasteiger partial charge in [-0.2, -0.15) is 18.2 Å². The molecule has 3 aliphatic carbocycles. The Labute approximate surface area is 310 Å². The summed E-state index contributed by atoms with van der Waals surface area (Å²) < 4.78 is 0. The first-order valence-corrected chi connectivity index (χ1v) is 12.9. The summed E-state index contributed by atoms with van der Waals surface area (Å²) in [6, 6.07) is 24.2. The van der Waals surface area contributed by atoms with Crippen molar-refractivity contribution in [3.63, 3.8) is 0 Å². The van der Waals surface area contributed by atoms with Gasteiger partial charge in [-0.05, 0) is 16.7 Å². The third kappa shape index (κ3) is 26.7. The van der Waals surface area contributed by atoms with Crippen LogP contribution in [0.15, 0.2) is 146 Å². The van der Waals surface area contributed by atoms with Gasteiger partial charge in [0.25, 0.3) is 0 Å². The zero-order valence-corrected chi connectivity index (χ0v) is 29.1. The first-order valence-electron chi connectivity index (χ1n) is 12.9. The number of hydrogen-bond donors (Lipinski definition) is 0. The Balaban J connectivity index is -0.000000472. The van der Waals surface area contributed by atoms with Crippen LogP contribution in [0.1, 0.15) is 50.3 Å². The molecule has 3 aliphatic rings. The van der Waals surface area contributed by atoms with Crippen LogP contribution in [0.5, 0.6) is 0 Å². The Morgan fingerprint density at radius 3 is 0.733 bits per heavy atom. The van der Waals surface area contributed by atoms with Gasteiger partial charge in [0.05, 0.1) is 17.9 Å². The van der Waals surface area contributed by atoms with E-state index in [1.807, 2.05) is 36.5 Å². The van der Waals surface area contributed by atoms with Gasteiger partial charge in [-0.15, -0.1) is 19.3 Å². The van der Waals surface area contributed by atoms with Gasteiger partial charge in [-0.3, -0.25) is 18.2 Å². The van der Waals surface area contributed by atoms with Crippen molar-refractivity contribution in [3.8, 4) is 0 Å². The van der Waals surface area contributed by atoms with Crippen LogP contribution in [0.25, 0.3) is 0 Å². The molecule has 3 aromatic carbocycles. The molecule has 222 valence electrons. The molecule has 0 aliphatic heterocycles. The Morgan fingerprint density at radius 1 is 0.422 bits per heavy atom. The van der Waals surface area contributed by atoms with Crippen LogP contribution in [-0.4, -0.2) is 17.9 Å². The molecule has 0 spiro atoms. The first kappa shape index (κ1) is 46.1. The average molecular weight is 702 g/mol. The summed E-state index contributed by atoms with van der Waals surface area (Å²) in [5.41, 5.74) is 0.660. The summed E-state index contributed by atoms with van der Waals surface area (Å²) in [4.78, 5) is 30.3. The number of carboxylic acid groups (broad SMARTS) is 3. The minimum atomic E-state index is -1.13. The minimum absolute atomic E-state index is 0. The van der Waals surface area contributed by atoms with E-state index in [2.05, 4.69) is 36.5 Å². The fourth-order valence-corrected chi connectivity index (χ4v) is 2.74. The van der Waals surface area contributed by atoms with Crippen LogP contribution in [0.2, 0.25) is 0 Å². The molecule has 0 aromatic heterocycles. The van der Waals surface area contributed by atoms with Crippen molar-refractivity contribution < 1.29 is 94.9 Å². The Morgan fingerprint density at radius 2 is 0.644 bits per heavy atom. The Hall–Kier alpha value is -3.35. The molecule has 6 rings (SSSR count). The third-order valence-electron chi connectivity index (χ3n) is 4.79. The van der Waals surface area contributed by atoms with E-state index in [9.17, 15) is 29.7 Å². The van der Waals surface area contributed by atoms with Gasteiger partial charge in [0, 0.05) is 0 Å². The summed E-state index contributed by atoms with van der Waals surface area (Å²) >= 11 is 0. The topological polar surface area (TPSA) is 120 Å². The molecular formula is C36H30O6Ti3. The number of rotatable bonds is 3. The van der Waals surface area contributed by atoms with Gasteiger partial charge in [-0.1, -0.05) is 91.0 Å². The average Bonchev–Trinajstić information content (AvgIpc) is 3.86. The van der Waals surface area contributed by atoms with Crippen LogP contribution in [0.4, 0.5) is 0 Å². The van der Waals surface area contributed by atoms with Crippen molar-refractivity contribution in [2.24, 2.45) is 0 Å². The van der Waals surface area contributed by atoms with E-state index in [-0.39, 0.29) is 81.8 Å². The Bertz CT molecular complexity index is 1170. The number of hydrogen-bond acceptors (Lipinski definition) is 6. The maximum absolute atomic E-state index is 10.1. The monoisotopic (exact) mass is 702 g/mol. The second kappa shape index (κ2) is 32.1. The molecule has 0 N–H and O–H groups in total. The predicted molar refractivity (Wildman–Crippen MR) is 157 cm³/mol. The zero-order chi connectivity index (χ0) is 30.7. The van der Waals surface area contributed by atoms with Crippen LogP contribution < -0.4 is 15.3 Å². The molecular weight excluding hydrogens is 672 g/mol. The fraction of sp³-hybridized carbons (Fsp3) is 0.0833. The van der Waals surface area contributed by atoms with E-state index in [0.29, 0.717) is 0 Å². The molecule has 45 heavy (non-hydrogen) atoms. The maximum Gasteiger partial charge on any atom is 2.00 e. The Kier molecular flexibility index (Phi) is 32.8. The molecule has 0 saturated heterocycles. The van der Waals surface area contributed by atoms with Crippen molar-refractivity contribution in [2.45, 2.75) is 19.3 Å². The van der Waals surface area contributed by atoms with E-state index in [1.54, 1.807) is 54.6 Å². The standard InChI is InChI=1S/3C7H6O2.3C5H5.3Ti/c3*8-7(9)6-4-2-1-3-5-6;3*1-2-4-5-3-1;;;/h3*1-5H,(H,8,9);3*1-3H,4H2;;;/q;;;3*-1;3*+2/p-3. The van der Waals surface area contributed by atoms with Crippen molar-refractivity contribution in [3.05, 3.63) is 181 Å². The van der Waals surface area contributed by atoms with E-state index in [0.717, 1.165) is 19.3 Å². The molecule has 9 heteroatoms. The van der Waals surface area contributed by atoms with Crippen molar-refractivity contribution in [1.29, 1.82) is 0 Å². The first-order chi connectivity index (χ1) is 20.4. The molecule has 0 bridgehead atoms. The second-order valence-electron chi connectivity index (χ2n) is 7.97. The molecule has 0 amide bonds. The SMILES string of the molecule is O=C([O-])c1ccccc1.O=C([O-])c1ccccc1.O=C([O-])c1ccccc1.[C-]1=CC=CC1.[C-]1=CC=CC1.[C-]1=CC=CC1.[Ti+2].[Ti+2].[Ti+2]. The molecule has 0 atom stereocenters. The summed E-state index contributed by atoms with van der Waals surface area (Å²) in [6.45, 7) is 0. The van der Waals surface area contributed by atoms with Gasteiger partial charge in [-0.25, -0.2) is 36.5 Å². The minimum Gasteiger partial charge on any atom is -0.545 e. The van der Waals surface area contributed by atoms with Gasteiger partial charge in [0.15, 0.2) is 0 Å². The fourth-order valence-electron chi connectivity index (χ4n) is 2.74. The number of carbonyl (C=O) groups is 3. The largest absolute Gasteiger partial charge is 2.00 e. The van der Waals surface area contributed by atoms with E-state index >= 15 is 0 Å². The molecule has 6 nitrogen and oxygen atoms in total. The van der Waals surface area contributed by atoms with Gasteiger partial charge < -0.3 is 29.7 Å². The number of aromatic carboxylic acids is 3. The number of carboxylic acids is 3. The van der Waals surface area contributed by atoms with E-state index in [4.69, 9.17) is 0 Å². The number of carbonyl (C=O) groups excluding carboxylic acids is 3. The van der Waals surface area contributed by atoms with Crippen LogP contribution >= 0.6 is 0 Å². The molecule has 0 saturated carbocycles. The summed E-state index contributed by atoms with van der Waals surface area (Å²) in [5, 5.41) is 30.3. The third-order valence-corrected chi connectivity index (χ3v) is 4.79. The van der Waals surface area contributed by atoms with Crippen molar-refractivity contribution in [2.75, 3.05) is 0 Å². The molecule has 3 aromatic rings. The van der Waals surface area contributed by atoms with Crippen LogP contribution in [-0.2, 0) is 65.2 Å². The van der Waals surface area contributed by atoms with Crippen LogP contribution in [0, 0.1) is 18.2 Å².